The van der Waals surface area contributed by atoms with Crippen LogP contribution in [0.2, 0.25) is 5.15 Å². The number of carboxylic acids is 1. The number of rotatable bonds is 5. The minimum absolute atomic E-state index is 0.0615. The highest BCUT2D eigenvalue weighted by Gasteiger charge is 2.23. The van der Waals surface area contributed by atoms with Gasteiger partial charge in [0.05, 0.1) is 5.56 Å². The van der Waals surface area contributed by atoms with Crippen LogP contribution >= 0.6 is 11.6 Å². The van der Waals surface area contributed by atoms with Gasteiger partial charge in [-0.2, -0.15) is 0 Å². The van der Waals surface area contributed by atoms with Crippen LogP contribution in [0.1, 0.15) is 15.9 Å². The van der Waals surface area contributed by atoms with Gasteiger partial charge in [-0.15, -0.1) is 0 Å². The van der Waals surface area contributed by atoms with Gasteiger partial charge >= 0.3 is 5.97 Å². The number of amides is 1. The summed E-state index contributed by atoms with van der Waals surface area (Å²) >= 11 is 5.64. The first-order chi connectivity index (χ1) is 10.9. The van der Waals surface area contributed by atoms with Gasteiger partial charge in [-0.1, -0.05) is 17.7 Å². The van der Waals surface area contributed by atoms with Crippen LogP contribution in [0.25, 0.3) is 0 Å². The number of pyridine rings is 1. The smallest absolute Gasteiger partial charge is 0.326 e. The second-order valence-electron chi connectivity index (χ2n) is 4.68. The number of carboxylic acid groups (broad SMARTS) is 1. The summed E-state index contributed by atoms with van der Waals surface area (Å²) in [5.74, 6) is -4.14. The number of carbonyl (C=O) groups excluding carboxylic acids is 1. The van der Waals surface area contributed by atoms with E-state index >= 15 is 0 Å². The SMILES string of the molecule is O=C(N[C@H](Cc1ccc(Cl)nc1)C(=O)O)c1ccc(F)cc1F. The molecule has 0 aliphatic rings. The molecule has 0 spiro atoms. The molecule has 1 aromatic heterocycles. The number of halogens is 3. The molecule has 23 heavy (non-hydrogen) atoms. The molecule has 0 aliphatic carbocycles. The van der Waals surface area contributed by atoms with Gasteiger partial charge in [0, 0.05) is 18.7 Å². The summed E-state index contributed by atoms with van der Waals surface area (Å²) in [7, 11) is 0. The van der Waals surface area contributed by atoms with E-state index in [0.29, 0.717) is 11.6 Å². The number of aliphatic carboxylic acids is 1. The third kappa shape index (κ3) is 4.46. The van der Waals surface area contributed by atoms with Crippen molar-refractivity contribution in [3.8, 4) is 0 Å². The minimum atomic E-state index is -1.30. The average molecular weight is 341 g/mol. The van der Waals surface area contributed by atoms with Crippen molar-refractivity contribution in [3.63, 3.8) is 0 Å². The summed E-state index contributed by atoms with van der Waals surface area (Å²) in [6, 6.07) is 4.16. The van der Waals surface area contributed by atoms with Crippen LogP contribution in [0.5, 0.6) is 0 Å². The predicted molar refractivity (Wildman–Crippen MR) is 78.2 cm³/mol. The van der Waals surface area contributed by atoms with Crippen molar-refractivity contribution in [3.05, 3.63) is 64.4 Å². The predicted octanol–water partition coefficient (Wildman–Crippen LogP) is 2.44. The first-order valence-corrected chi connectivity index (χ1v) is 6.84. The maximum Gasteiger partial charge on any atom is 0.326 e. The molecule has 1 heterocycles. The lowest BCUT2D eigenvalue weighted by Gasteiger charge is -2.15. The number of aromatic nitrogens is 1. The fourth-order valence-electron chi connectivity index (χ4n) is 1.87. The second-order valence-corrected chi connectivity index (χ2v) is 5.07. The molecule has 0 bridgehead atoms. The Balaban J connectivity index is 2.14. The van der Waals surface area contributed by atoms with E-state index in [1.165, 1.54) is 12.3 Å². The van der Waals surface area contributed by atoms with Crippen LogP contribution in [0.15, 0.2) is 36.5 Å². The highest BCUT2D eigenvalue weighted by Crippen LogP contribution is 2.11. The van der Waals surface area contributed by atoms with Crippen molar-refractivity contribution in [2.24, 2.45) is 0 Å². The van der Waals surface area contributed by atoms with E-state index in [-0.39, 0.29) is 11.6 Å². The Hall–Kier alpha value is -2.54. The maximum absolute atomic E-state index is 13.6. The summed E-state index contributed by atoms with van der Waals surface area (Å²) in [6.45, 7) is 0. The molecule has 0 fully saturated rings. The zero-order chi connectivity index (χ0) is 17.0. The van der Waals surface area contributed by atoms with Crippen molar-refractivity contribution >= 4 is 23.5 Å². The van der Waals surface area contributed by atoms with Gasteiger partial charge in [-0.05, 0) is 23.8 Å². The molecule has 0 unspecified atom stereocenters. The van der Waals surface area contributed by atoms with Crippen LogP contribution in [0.3, 0.4) is 0 Å². The Morgan fingerprint density at radius 2 is 2.00 bits per heavy atom. The number of carbonyl (C=O) groups is 2. The zero-order valence-electron chi connectivity index (χ0n) is 11.6. The van der Waals surface area contributed by atoms with Gasteiger partial charge < -0.3 is 10.4 Å². The second kappa shape index (κ2) is 7.15. The van der Waals surface area contributed by atoms with Crippen molar-refractivity contribution < 1.29 is 23.5 Å². The molecule has 8 heteroatoms. The summed E-state index contributed by atoms with van der Waals surface area (Å²) < 4.78 is 26.4. The molecule has 2 N–H and O–H groups in total. The molecule has 1 amide bonds. The molecule has 0 radical (unpaired) electrons. The molecule has 5 nitrogen and oxygen atoms in total. The Bertz CT molecular complexity index is 738. The molecule has 1 aromatic carbocycles. The minimum Gasteiger partial charge on any atom is -0.480 e. The van der Waals surface area contributed by atoms with Gasteiger partial charge in [-0.3, -0.25) is 4.79 Å². The van der Waals surface area contributed by atoms with Gasteiger partial charge in [0.2, 0.25) is 0 Å². The standard InChI is InChI=1S/C15H11ClF2N2O3/c16-13-4-1-8(7-19-13)5-12(15(22)23)20-14(21)10-3-2-9(17)6-11(10)18/h1-4,6-7,12H,5H2,(H,20,21)(H,22,23)/t12-/m1/s1. The molecule has 2 aromatic rings. The van der Waals surface area contributed by atoms with Gasteiger partial charge in [0.15, 0.2) is 0 Å². The molecule has 0 saturated carbocycles. The van der Waals surface area contributed by atoms with E-state index in [1.807, 2.05) is 0 Å². The molecule has 0 saturated heterocycles. The third-order valence-corrected chi connectivity index (χ3v) is 3.23. The summed E-state index contributed by atoms with van der Waals surface area (Å²) in [4.78, 5) is 27.0. The fourth-order valence-corrected chi connectivity index (χ4v) is 1.98. The topological polar surface area (TPSA) is 79.3 Å². The number of benzene rings is 1. The number of nitrogens with one attached hydrogen (secondary N) is 1. The quantitative estimate of drug-likeness (QED) is 0.819. The Labute approximate surface area is 134 Å². The molecule has 120 valence electrons. The largest absolute Gasteiger partial charge is 0.480 e. The van der Waals surface area contributed by atoms with Crippen molar-refractivity contribution in [1.82, 2.24) is 10.3 Å². The van der Waals surface area contributed by atoms with E-state index in [2.05, 4.69) is 10.3 Å². The van der Waals surface area contributed by atoms with E-state index in [4.69, 9.17) is 11.6 Å². The van der Waals surface area contributed by atoms with Crippen LogP contribution in [0.4, 0.5) is 8.78 Å². The van der Waals surface area contributed by atoms with Crippen LogP contribution < -0.4 is 5.32 Å². The van der Waals surface area contributed by atoms with E-state index < -0.39 is 35.1 Å². The van der Waals surface area contributed by atoms with E-state index in [0.717, 1.165) is 12.1 Å². The van der Waals surface area contributed by atoms with Gasteiger partial charge in [0.1, 0.15) is 22.8 Å². The molecular weight excluding hydrogens is 330 g/mol. The fraction of sp³-hybridized carbons (Fsp3) is 0.133. The lowest BCUT2D eigenvalue weighted by molar-refractivity contribution is -0.139. The first-order valence-electron chi connectivity index (χ1n) is 6.46. The van der Waals surface area contributed by atoms with Crippen LogP contribution in [-0.4, -0.2) is 28.0 Å². The van der Waals surface area contributed by atoms with E-state index in [1.54, 1.807) is 6.07 Å². The van der Waals surface area contributed by atoms with Crippen LogP contribution in [0, 0.1) is 11.6 Å². The van der Waals surface area contributed by atoms with Crippen LogP contribution in [-0.2, 0) is 11.2 Å². The van der Waals surface area contributed by atoms with Gasteiger partial charge in [0.25, 0.3) is 5.91 Å². The molecule has 0 aliphatic heterocycles. The Kier molecular flexibility index (Phi) is 5.23. The molecule has 1 atom stereocenters. The monoisotopic (exact) mass is 340 g/mol. The summed E-state index contributed by atoms with van der Waals surface area (Å²) in [6.07, 6.45) is 1.32. The lowest BCUT2D eigenvalue weighted by Crippen LogP contribution is -2.42. The maximum atomic E-state index is 13.6. The lowest BCUT2D eigenvalue weighted by atomic mass is 10.1. The number of nitrogens with zero attached hydrogens (tertiary/aromatic N) is 1. The average Bonchev–Trinajstić information content (AvgIpc) is 2.48. The van der Waals surface area contributed by atoms with Gasteiger partial charge in [-0.25, -0.2) is 18.6 Å². The van der Waals surface area contributed by atoms with Crippen molar-refractivity contribution in [2.75, 3.05) is 0 Å². The van der Waals surface area contributed by atoms with E-state index in [9.17, 15) is 23.5 Å². The highest BCUT2D eigenvalue weighted by atomic mass is 35.5. The number of hydrogen-bond donors (Lipinski definition) is 2. The number of hydrogen-bond acceptors (Lipinski definition) is 3. The van der Waals surface area contributed by atoms with Crippen molar-refractivity contribution in [2.45, 2.75) is 12.5 Å². The normalized spacial score (nSPS) is 11.8. The highest BCUT2D eigenvalue weighted by molar-refractivity contribution is 6.29. The zero-order valence-corrected chi connectivity index (χ0v) is 12.3. The van der Waals surface area contributed by atoms with Crippen molar-refractivity contribution in [1.29, 1.82) is 0 Å². The summed E-state index contributed by atoms with van der Waals surface area (Å²) in [5.41, 5.74) is 0.0913. The first kappa shape index (κ1) is 16.8. The third-order valence-electron chi connectivity index (χ3n) is 3.01. The molecular formula is C15H11ClF2N2O3. The Morgan fingerprint density at radius 3 is 2.57 bits per heavy atom. The Morgan fingerprint density at radius 1 is 1.26 bits per heavy atom. The summed E-state index contributed by atoms with van der Waals surface area (Å²) in [5, 5.41) is 11.6. The molecule has 2 rings (SSSR count).